The van der Waals surface area contributed by atoms with Crippen molar-refractivity contribution in [3.05, 3.63) is 102 Å². The van der Waals surface area contributed by atoms with Crippen LogP contribution in [0.3, 0.4) is 0 Å². The molecule has 2 N–H and O–H groups in total. The van der Waals surface area contributed by atoms with Crippen molar-refractivity contribution in [1.82, 2.24) is 9.97 Å². The molecule has 4 aromatic carbocycles. The minimum Gasteiger partial charge on any atom is -0.497 e. The Bertz CT molecular complexity index is 1920. The van der Waals surface area contributed by atoms with E-state index in [1.54, 1.807) is 50.7 Å². The van der Waals surface area contributed by atoms with Gasteiger partial charge in [0.2, 0.25) is 5.95 Å². The fourth-order valence-corrected chi connectivity index (χ4v) is 4.97. The number of aromatic nitrogens is 2. The maximum absolute atomic E-state index is 13.1. The molecule has 262 valence electrons. The lowest BCUT2D eigenvalue weighted by molar-refractivity contribution is -0.137. The summed E-state index contributed by atoms with van der Waals surface area (Å²) in [5.74, 6) is 1.01. The predicted octanol–water partition coefficient (Wildman–Crippen LogP) is 7.69. The Morgan fingerprint density at radius 3 is 2.32 bits per heavy atom. The fourth-order valence-electron chi connectivity index (χ4n) is 4.97. The zero-order chi connectivity index (χ0) is 35.5. The second kappa shape index (κ2) is 16.9. The van der Waals surface area contributed by atoms with Crippen LogP contribution in [0.1, 0.15) is 21.5 Å². The van der Waals surface area contributed by atoms with Gasteiger partial charge in [-0.15, -0.1) is 0 Å². The molecule has 10 nitrogen and oxygen atoms in total. The molecule has 0 atom stereocenters. The van der Waals surface area contributed by atoms with Crippen LogP contribution in [0.25, 0.3) is 22.0 Å². The summed E-state index contributed by atoms with van der Waals surface area (Å²) in [6.45, 7) is 4.63. The minimum absolute atomic E-state index is 0.0537. The molecule has 0 saturated carbocycles. The normalized spacial score (nSPS) is 11.4. The van der Waals surface area contributed by atoms with Crippen LogP contribution in [-0.4, -0.2) is 69.7 Å². The van der Waals surface area contributed by atoms with Crippen molar-refractivity contribution in [3.63, 3.8) is 0 Å². The van der Waals surface area contributed by atoms with E-state index < -0.39 is 17.6 Å². The molecule has 0 aliphatic heterocycles. The van der Waals surface area contributed by atoms with Gasteiger partial charge < -0.3 is 34.3 Å². The molecule has 0 radical (unpaired) electrons. The Morgan fingerprint density at radius 2 is 1.56 bits per heavy atom. The molecule has 0 unspecified atom stereocenters. The monoisotopic (exact) mass is 690 g/mol. The Hall–Kier alpha value is -5.24. The average molecular weight is 691 g/mol. The lowest BCUT2D eigenvalue weighted by Gasteiger charge is -2.13. The van der Waals surface area contributed by atoms with Gasteiger partial charge in [-0.1, -0.05) is 18.2 Å². The molecule has 50 heavy (non-hydrogen) atoms. The molecule has 0 saturated heterocycles. The Kier molecular flexibility index (Phi) is 12.2. The van der Waals surface area contributed by atoms with Crippen LogP contribution in [0.15, 0.2) is 85.1 Å². The second-order valence-electron chi connectivity index (χ2n) is 11.1. The first kappa shape index (κ1) is 36.1. The smallest absolute Gasteiger partial charge is 0.416 e. The van der Waals surface area contributed by atoms with Gasteiger partial charge in [0.05, 0.1) is 51.2 Å². The zero-order valence-corrected chi connectivity index (χ0v) is 27.8. The number of halogens is 3. The quantitative estimate of drug-likeness (QED) is 0.101. The molecule has 13 heteroatoms. The molecule has 1 amide bonds. The highest BCUT2D eigenvalue weighted by Gasteiger charge is 2.30. The SMILES string of the molecule is COCCOCCOCCOc1cc(Nc2ncc3cc(-c4cc(C(=O)Nc5cccc(C(F)(F)F)c5)ccc4C)ccc3n2)cc(OC)c1. The number of rotatable bonds is 16. The molecule has 0 spiro atoms. The molecule has 1 heterocycles. The highest BCUT2D eigenvalue weighted by molar-refractivity contribution is 6.05. The number of nitrogens with one attached hydrogen (secondary N) is 2. The summed E-state index contributed by atoms with van der Waals surface area (Å²) in [7, 11) is 3.19. The van der Waals surface area contributed by atoms with Gasteiger partial charge in [0, 0.05) is 53.8 Å². The van der Waals surface area contributed by atoms with Crippen LogP contribution in [0.2, 0.25) is 0 Å². The van der Waals surface area contributed by atoms with Crippen LogP contribution in [0, 0.1) is 6.92 Å². The third kappa shape index (κ3) is 9.91. The number of alkyl halides is 3. The molecule has 0 fully saturated rings. The Labute approximate surface area is 287 Å². The summed E-state index contributed by atoms with van der Waals surface area (Å²) < 4.78 is 66.6. The number of anilines is 3. The Morgan fingerprint density at radius 1 is 0.800 bits per heavy atom. The van der Waals surface area contributed by atoms with Crippen LogP contribution >= 0.6 is 0 Å². The van der Waals surface area contributed by atoms with Gasteiger partial charge in [-0.3, -0.25) is 4.79 Å². The molecule has 1 aromatic heterocycles. The summed E-state index contributed by atoms with van der Waals surface area (Å²) >= 11 is 0. The zero-order valence-electron chi connectivity index (χ0n) is 27.8. The van der Waals surface area contributed by atoms with Crippen LogP contribution in [0.4, 0.5) is 30.5 Å². The van der Waals surface area contributed by atoms with Gasteiger partial charge in [-0.05, 0) is 66.1 Å². The average Bonchev–Trinajstić information content (AvgIpc) is 3.10. The molecule has 0 aliphatic rings. The standard InChI is InChI=1S/C37H37F3N4O6/c1-24-7-8-26(35(45)42-29-6-4-5-28(19-29)37(38,39)40)18-33(24)25-9-10-34-27(17-25)23-41-36(44-34)43-30-20-31(47-3)22-32(21-30)50-16-15-49-14-13-48-12-11-46-2/h4-10,17-23H,11-16H2,1-3H3,(H,42,45)(H,41,43,44). The van der Waals surface area contributed by atoms with E-state index in [1.165, 1.54) is 12.1 Å². The Balaban J connectivity index is 1.24. The van der Waals surface area contributed by atoms with Gasteiger partial charge >= 0.3 is 6.18 Å². The highest BCUT2D eigenvalue weighted by Crippen LogP contribution is 2.32. The number of hydrogen-bond donors (Lipinski definition) is 2. The maximum atomic E-state index is 13.1. The van der Waals surface area contributed by atoms with Crippen molar-refractivity contribution in [2.24, 2.45) is 0 Å². The van der Waals surface area contributed by atoms with E-state index in [9.17, 15) is 18.0 Å². The summed E-state index contributed by atoms with van der Waals surface area (Å²) in [5.41, 5.74) is 3.39. The van der Waals surface area contributed by atoms with Crippen LogP contribution < -0.4 is 20.1 Å². The van der Waals surface area contributed by atoms with Gasteiger partial charge in [-0.2, -0.15) is 13.2 Å². The van der Waals surface area contributed by atoms with Gasteiger partial charge in [-0.25, -0.2) is 9.97 Å². The predicted molar refractivity (Wildman–Crippen MR) is 184 cm³/mol. The molecule has 5 rings (SSSR count). The summed E-state index contributed by atoms with van der Waals surface area (Å²) in [4.78, 5) is 22.2. The van der Waals surface area contributed by atoms with Crippen molar-refractivity contribution in [1.29, 1.82) is 0 Å². The summed E-state index contributed by atoms with van der Waals surface area (Å²) in [6, 6.07) is 20.7. The molecular weight excluding hydrogens is 653 g/mol. The van der Waals surface area contributed by atoms with Gasteiger partial charge in [0.1, 0.15) is 18.1 Å². The number of ether oxygens (including phenoxy) is 5. The molecule has 5 aromatic rings. The first-order valence-corrected chi connectivity index (χ1v) is 15.7. The molecule has 0 aliphatic carbocycles. The lowest BCUT2D eigenvalue weighted by atomic mass is 9.97. The van der Waals surface area contributed by atoms with Gasteiger partial charge in [0.15, 0.2) is 0 Å². The van der Waals surface area contributed by atoms with E-state index in [0.717, 1.165) is 34.2 Å². The minimum atomic E-state index is -4.51. The number of carbonyl (C=O) groups excluding carboxylic acids is 1. The number of amides is 1. The highest BCUT2D eigenvalue weighted by atomic mass is 19.4. The van der Waals surface area contributed by atoms with Crippen molar-refractivity contribution >= 4 is 34.1 Å². The van der Waals surface area contributed by atoms with E-state index in [2.05, 4.69) is 20.6 Å². The van der Waals surface area contributed by atoms with Crippen molar-refractivity contribution < 1.29 is 41.7 Å². The third-order valence-corrected chi connectivity index (χ3v) is 7.51. The van der Waals surface area contributed by atoms with E-state index in [1.807, 2.05) is 31.2 Å². The third-order valence-electron chi connectivity index (χ3n) is 7.51. The van der Waals surface area contributed by atoms with E-state index >= 15 is 0 Å². The van der Waals surface area contributed by atoms with E-state index in [4.69, 9.17) is 23.7 Å². The lowest BCUT2D eigenvalue weighted by Crippen LogP contribution is -2.13. The summed E-state index contributed by atoms with van der Waals surface area (Å²) in [5, 5.41) is 6.54. The number of nitrogens with zero attached hydrogens (tertiary/aromatic N) is 2. The van der Waals surface area contributed by atoms with Crippen LogP contribution in [0.5, 0.6) is 11.5 Å². The van der Waals surface area contributed by atoms with E-state index in [-0.39, 0.29) is 5.69 Å². The second-order valence-corrected chi connectivity index (χ2v) is 11.1. The first-order chi connectivity index (χ1) is 24.1. The number of aryl methyl sites for hydroxylation is 1. The van der Waals surface area contributed by atoms with Crippen molar-refractivity contribution in [3.8, 4) is 22.6 Å². The van der Waals surface area contributed by atoms with Crippen molar-refractivity contribution in [2.45, 2.75) is 13.1 Å². The van der Waals surface area contributed by atoms with E-state index in [0.29, 0.717) is 73.9 Å². The topological polar surface area (TPSA) is 113 Å². The number of fused-ring (bicyclic) bond motifs is 1. The molecular formula is C37H37F3N4O6. The van der Waals surface area contributed by atoms with Crippen LogP contribution in [-0.2, 0) is 20.4 Å². The van der Waals surface area contributed by atoms with Crippen molar-refractivity contribution in [2.75, 3.05) is 64.5 Å². The number of carbonyl (C=O) groups is 1. The molecule has 0 bridgehead atoms. The van der Waals surface area contributed by atoms with Gasteiger partial charge in [0.25, 0.3) is 5.91 Å². The summed E-state index contributed by atoms with van der Waals surface area (Å²) in [6.07, 6.45) is -2.82. The number of hydrogen-bond acceptors (Lipinski definition) is 9. The maximum Gasteiger partial charge on any atom is 0.416 e. The first-order valence-electron chi connectivity index (χ1n) is 15.7. The number of benzene rings is 4. The number of methoxy groups -OCH3 is 2. The fraction of sp³-hybridized carbons (Fsp3) is 0.270. The largest absolute Gasteiger partial charge is 0.497 e.